The quantitative estimate of drug-likeness (QED) is 0.851. The Morgan fingerprint density at radius 2 is 1.76 bits per heavy atom. The predicted molar refractivity (Wildman–Crippen MR) is 63.1 cm³/mol. The van der Waals surface area contributed by atoms with E-state index in [1.165, 1.54) is 6.07 Å². The van der Waals surface area contributed by atoms with Crippen LogP contribution in [0.2, 0.25) is 0 Å². The molecule has 2 N–H and O–H groups in total. The van der Waals surface area contributed by atoms with Crippen molar-refractivity contribution in [1.29, 1.82) is 0 Å². The molecule has 1 atom stereocenters. The van der Waals surface area contributed by atoms with Crippen molar-refractivity contribution in [1.82, 2.24) is 0 Å². The Bertz CT molecular complexity index is 537. The van der Waals surface area contributed by atoms with Gasteiger partial charge in [0.1, 0.15) is 13.2 Å². The Kier molecular flexibility index (Phi) is 3.01. The maximum absolute atomic E-state index is 11.7. The third-order valence-corrected chi connectivity index (χ3v) is 3.72. The molecule has 5 nitrogen and oxygen atoms in total. The summed E-state index contributed by atoms with van der Waals surface area (Å²) in [7, 11) is -3.33. The topological polar surface area (TPSA) is 78.6 Å². The smallest absolute Gasteiger partial charge is 0.175 e. The maximum atomic E-state index is 11.7. The highest BCUT2D eigenvalue weighted by Gasteiger charge is 2.22. The molecule has 0 saturated carbocycles. The van der Waals surface area contributed by atoms with Gasteiger partial charge in [0.05, 0.1) is 4.90 Å². The van der Waals surface area contributed by atoms with Crippen LogP contribution in [0.5, 0.6) is 11.5 Å². The van der Waals surface area contributed by atoms with E-state index in [1.54, 1.807) is 13.0 Å². The Morgan fingerprint density at radius 1 is 1.24 bits per heavy atom. The first kappa shape index (κ1) is 12.2. The predicted octanol–water partition coefficient (Wildman–Crippen LogP) is 0.881. The molecule has 0 aromatic heterocycles. The molecule has 1 aromatic rings. The lowest BCUT2D eigenvalue weighted by atomic mass is 10.1. The minimum absolute atomic E-state index is 0.205. The molecule has 2 rings (SSSR count). The average Bonchev–Trinajstić information content (AvgIpc) is 2.26. The second-order valence-electron chi connectivity index (χ2n) is 4.09. The van der Waals surface area contributed by atoms with Crippen LogP contribution in [0.3, 0.4) is 0 Å². The fourth-order valence-corrected chi connectivity index (χ4v) is 2.76. The molecule has 0 fully saturated rings. The Hall–Kier alpha value is -1.27. The first-order valence-electron chi connectivity index (χ1n) is 5.29. The molecule has 0 radical (unpaired) electrons. The lowest BCUT2D eigenvalue weighted by Crippen LogP contribution is -2.18. The molecule has 94 valence electrons. The van der Waals surface area contributed by atoms with Gasteiger partial charge >= 0.3 is 0 Å². The molecule has 1 unspecified atom stereocenters. The van der Waals surface area contributed by atoms with Gasteiger partial charge < -0.3 is 15.2 Å². The van der Waals surface area contributed by atoms with E-state index >= 15 is 0 Å². The van der Waals surface area contributed by atoms with Crippen molar-refractivity contribution in [3.63, 3.8) is 0 Å². The monoisotopic (exact) mass is 257 g/mol. The molecular weight excluding hydrogens is 242 g/mol. The summed E-state index contributed by atoms with van der Waals surface area (Å²) in [4.78, 5) is 0.205. The van der Waals surface area contributed by atoms with E-state index in [0.29, 0.717) is 30.3 Å². The minimum Gasteiger partial charge on any atom is -0.486 e. The van der Waals surface area contributed by atoms with Gasteiger partial charge in [0.2, 0.25) is 0 Å². The van der Waals surface area contributed by atoms with Gasteiger partial charge in [-0.3, -0.25) is 0 Å². The Morgan fingerprint density at radius 3 is 2.24 bits per heavy atom. The van der Waals surface area contributed by atoms with Crippen LogP contribution in [0.4, 0.5) is 0 Å². The summed E-state index contributed by atoms with van der Waals surface area (Å²) in [6.45, 7) is 2.62. The van der Waals surface area contributed by atoms with E-state index < -0.39 is 9.84 Å². The van der Waals surface area contributed by atoms with E-state index in [2.05, 4.69) is 0 Å². The highest BCUT2D eigenvalue weighted by molar-refractivity contribution is 7.90. The summed E-state index contributed by atoms with van der Waals surface area (Å²) in [6.07, 6.45) is 1.16. The molecule has 0 saturated heterocycles. The molecular formula is C11H15NO4S. The first-order valence-corrected chi connectivity index (χ1v) is 7.18. The van der Waals surface area contributed by atoms with E-state index in [1.807, 2.05) is 0 Å². The van der Waals surface area contributed by atoms with Crippen LogP contribution in [0.15, 0.2) is 17.0 Å². The normalized spacial score (nSPS) is 16.6. The van der Waals surface area contributed by atoms with Gasteiger partial charge in [-0.15, -0.1) is 0 Å². The second kappa shape index (κ2) is 4.19. The van der Waals surface area contributed by atoms with E-state index in [-0.39, 0.29) is 10.9 Å². The largest absolute Gasteiger partial charge is 0.486 e. The number of benzene rings is 1. The van der Waals surface area contributed by atoms with Gasteiger partial charge in [0.15, 0.2) is 21.3 Å². The molecule has 1 aromatic carbocycles. The van der Waals surface area contributed by atoms with E-state index in [9.17, 15) is 8.42 Å². The van der Waals surface area contributed by atoms with Crippen LogP contribution < -0.4 is 15.2 Å². The number of hydrogen-bond donors (Lipinski definition) is 1. The van der Waals surface area contributed by atoms with Gasteiger partial charge in [0.25, 0.3) is 0 Å². The van der Waals surface area contributed by atoms with Gasteiger partial charge in [-0.25, -0.2) is 8.42 Å². The van der Waals surface area contributed by atoms with Crippen molar-refractivity contribution in [3.8, 4) is 11.5 Å². The number of ether oxygens (including phenoxy) is 2. The zero-order valence-electron chi connectivity index (χ0n) is 9.76. The van der Waals surface area contributed by atoms with Crippen molar-refractivity contribution >= 4 is 9.84 Å². The molecule has 0 spiro atoms. The van der Waals surface area contributed by atoms with Crippen LogP contribution >= 0.6 is 0 Å². The number of nitrogens with two attached hydrogens (primary N) is 1. The first-order chi connectivity index (χ1) is 7.89. The Balaban J connectivity index is 2.65. The summed E-state index contributed by atoms with van der Waals surface area (Å²) in [5.41, 5.74) is 6.34. The zero-order chi connectivity index (χ0) is 12.6. The highest BCUT2D eigenvalue weighted by Crippen LogP contribution is 2.36. The van der Waals surface area contributed by atoms with Crippen LogP contribution in [0.1, 0.15) is 18.5 Å². The van der Waals surface area contributed by atoms with Crippen molar-refractivity contribution in [2.45, 2.75) is 17.9 Å². The molecule has 1 heterocycles. The average molecular weight is 257 g/mol. The number of fused-ring (bicyclic) bond motifs is 1. The molecule has 1 aliphatic heterocycles. The lowest BCUT2D eigenvalue weighted by Gasteiger charge is -2.21. The van der Waals surface area contributed by atoms with Gasteiger partial charge in [-0.05, 0) is 18.6 Å². The van der Waals surface area contributed by atoms with Crippen molar-refractivity contribution in [2.75, 3.05) is 19.5 Å². The summed E-state index contributed by atoms with van der Waals surface area (Å²) in [5.74, 6) is 1.01. The third kappa shape index (κ3) is 2.37. The summed E-state index contributed by atoms with van der Waals surface area (Å²) < 4.78 is 34.2. The van der Waals surface area contributed by atoms with Crippen LogP contribution in [0.25, 0.3) is 0 Å². The summed E-state index contributed by atoms with van der Waals surface area (Å²) in [5, 5.41) is 0. The molecule has 6 heteroatoms. The molecule has 0 bridgehead atoms. The van der Waals surface area contributed by atoms with Gasteiger partial charge in [-0.2, -0.15) is 0 Å². The Labute approximate surface area is 100 Å². The highest BCUT2D eigenvalue weighted by atomic mass is 32.2. The zero-order valence-corrected chi connectivity index (χ0v) is 10.6. The SMILES string of the molecule is CC(N)c1cc2c(cc1S(C)(=O)=O)OCCO2. The number of sulfone groups is 1. The fourth-order valence-electron chi connectivity index (χ4n) is 1.76. The van der Waals surface area contributed by atoms with Crippen LogP contribution in [0, 0.1) is 0 Å². The number of hydrogen-bond acceptors (Lipinski definition) is 5. The summed E-state index contributed by atoms with van der Waals surface area (Å²) in [6, 6.07) is 2.76. The maximum Gasteiger partial charge on any atom is 0.175 e. The van der Waals surface area contributed by atoms with E-state index in [0.717, 1.165) is 6.26 Å². The van der Waals surface area contributed by atoms with Crippen LogP contribution in [-0.4, -0.2) is 27.9 Å². The third-order valence-electron chi connectivity index (χ3n) is 2.56. The minimum atomic E-state index is -3.33. The van der Waals surface area contributed by atoms with Gasteiger partial charge in [-0.1, -0.05) is 0 Å². The van der Waals surface area contributed by atoms with Crippen LogP contribution in [-0.2, 0) is 9.84 Å². The lowest BCUT2D eigenvalue weighted by molar-refractivity contribution is 0.170. The molecule has 0 aliphatic carbocycles. The standard InChI is InChI=1S/C11H15NO4S/c1-7(12)8-5-9-10(16-4-3-15-9)6-11(8)17(2,13)14/h5-7H,3-4,12H2,1-2H3. The molecule has 0 amide bonds. The van der Waals surface area contributed by atoms with Crippen molar-refractivity contribution in [2.24, 2.45) is 5.73 Å². The fraction of sp³-hybridized carbons (Fsp3) is 0.455. The molecule has 1 aliphatic rings. The van der Waals surface area contributed by atoms with Crippen molar-refractivity contribution in [3.05, 3.63) is 17.7 Å². The molecule has 17 heavy (non-hydrogen) atoms. The number of rotatable bonds is 2. The van der Waals surface area contributed by atoms with Crippen molar-refractivity contribution < 1.29 is 17.9 Å². The second-order valence-corrected chi connectivity index (χ2v) is 6.08. The van der Waals surface area contributed by atoms with Gasteiger partial charge in [0, 0.05) is 18.4 Å². The summed E-state index contributed by atoms with van der Waals surface area (Å²) >= 11 is 0. The van der Waals surface area contributed by atoms with E-state index in [4.69, 9.17) is 15.2 Å².